The van der Waals surface area contributed by atoms with Gasteiger partial charge in [0.15, 0.2) is 5.84 Å². The maximum Gasteiger partial charge on any atom is 0.420 e. The molecular formula is C38H55N5O11. The molecule has 0 spiro atoms. The van der Waals surface area contributed by atoms with Gasteiger partial charge in [-0.3, -0.25) is 0 Å². The summed E-state index contributed by atoms with van der Waals surface area (Å²) in [6, 6.07) is 11.5. The van der Waals surface area contributed by atoms with Crippen molar-refractivity contribution in [3.63, 3.8) is 0 Å². The molecule has 0 saturated carbocycles. The lowest BCUT2D eigenvalue weighted by Gasteiger charge is -2.29. The van der Waals surface area contributed by atoms with E-state index in [1.54, 1.807) is 107 Å². The van der Waals surface area contributed by atoms with Crippen LogP contribution in [0.25, 0.3) is 0 Å². The summed E-state index contributed by atoms with van der Waals surface area (Å²) in [7, 11) is 2.88. The smallest absolute Gasteiger partial charge is 0.420 e. The van der Waals surface area contributed by atoms with E-state index in [1.807, 2.05) is 6.07 Å². The SMILES string of the molecule is COc1cc(/C(N)=N\O)ccc1CN(C(=O)OC(C)(C)C)C(=O)OC(C)(C)C.COc1cc(C#N)ccc1CN(C(=O)OC(C)(C)C)C(=O)OC(C)(C)C. The van der Waals surface area contributed by atoms with E-state index in [4.69, 9.17) is 44.6 Å². The van der Waals surface area contributed by atoms with Crippen LogP contribution in [0.15, 0.2) is 41.6 Å². The molecule has 0 aromatic heterocycles. The topological polar surface area (TPSA) is 213 Å². The second-order valence-corrected chi connectivity index (χ2v) is 15.7. The number of ether oxygens (including phenoxy) is 6. The number of hydrogen-bond acceptors (Lipinski definition) is 13. The van der Waals surface area contributed by atoms with E-state index in [2.05, 4.69) is 5.16 Å². The Balaban J connectivity index is 0.000000541. The number of nitrogens with zero attached hydrogens (tertiary/aromatic N) is 4. The summed E-state index contributed by atoms with van der Waals surface area (Å²) in [6.45, 7) is 20.2. The monoisotopic (exact) mass is 757 g/mol. The number of imide groups is 2. The molecule has 16 heteroatoms. The minimum absolute atomic E-state index is 0.0963. The zero-order chi connectivity index (χ0) is 41.8. The van der Waals surface area contributed by atoms with Gasteiger partial charge in [-0.1, -0.05) is 23.4 Å². The molecule has 0 fully saturated rings. The molecule has 0 aliphatic rings. The summed E-state index contributed by atoms with van der Waals surface area (Å²) < 4.78 is 31.9. The van der Waals surface area contributed by atoms with Crippen LogP contribution in [-0.4, -0.2) is 81.8 Å². The molecule has 0 aliphatic carbocycles. The molecule has 0 unspecified atom stereocenters. The van der Waals surface area contributed by atoms with Gasteiger partial charge in [0.25, 0.3) is 0 Å². The van der Waals surface area contributed by atoms with Gasteiger partial charge >= 0.3 is 24.4 Å². The molecule has 4 amide bonds. The summed E-state index contributed by atoms with van der Waals surface area (Å²) in [5.41, 5.74) is 4.34. The highest BCUT2D eigenvalue weighted by molar-refractivity contribution is 5.97. The van der Waals surface area contributed by atoms with Crippen molar-refractivity contribution in [3.8, 4) is 17.6 Å². The number of amides is 4. The maximum absolute atomic E-state index is 12.6. The van der Waals surface area contributed by atoms with Gasteiger partial charge < -0.3 is 39.4 Å². The number of nitrogens with two attached hydrogens (primary N) is 1. The molecule has 0 aliphatic heterocycles. The third-order valence-corrected chi connectivity index (χ3v) is 6.22. The van der Waals surface area contributed by atoms with Crippen molar-refractivity contribution in [2.24, 2.45) is 10.9 Å². The fraction of sp³-hybridized carbons (Fsp3) is 0.526. The average molecular weight is 758 g/mol. The van der Waals surface area contributed by atoms with Gasteiger partial charge in [0.1, 0.15) is 33.9 Å². The first-order valence-corrected chi connectivity index (χ1v) is 16.8. The van der Waals surface area contributed by atoms with E-state index < -0.39 is 46.8 Å². The minimum atomic E-state index is -0.843. The van der Waals surface area contributed by atoms with Crippen molar-refractivity contribution in [2.45, 2.75) is 119 Å². The van der Waals surface area contributed by atoms with Crippen molar-refractivity contribution in [1.82, 2.24) is 9.80 Å². The van der Waals surface area contributed by atoms with Gasteiger partial charge in [-0.2, -0.15) is 5.26 Å². The number of carbonyl (C=O) groups is 4. The van der Waals surface area contributed by atoms with E-state index in [9.17, 15) is 19.2 Å². The standard InChI is InChI=1S/C19H29N3O6.C19H26N2O5/c1-18(2,3)27-16(23)22(17(24)28-19(4,5)6)11-13-9-8-12(15(20)21-25)10-14(13)26-7;1-18(2,3)25-16(22)21(17(23)26-19(4,5)6)12-14-9-8-13(11-20)10-15(14)24-7/h8-10,25H,11H2,1-7H3,(H2,20,21);8-10H,12H2,1-7H3. The van der Waals surface area contributed by atoms with E-state index >= 15 is 0 Å². The molecule has 0 saturated heterocycles. The molecule has 2 rings (SSSR count). The molecule has 2 aromatic rings. The van der Waals surface area contributed by atoms with Crippen LogP contribution in [0.4, 0.5) is 19.2 Å². The zero-order valence-electron chi connectivity index (χ0n) is 33.8. The van der Waals surface area contributed by atoms with Crippen LogP contribution in [0.1, 0.15) is 105 Å². The predicted molar refractivity (Wildman–Crippen MR) is 199 cm³/mol. The Bertz CT molecular complexity index is 1650. The van der Waals surface area contributed by atoms with Crippen molar-refractivity contribution in [1.29, 1.82) is 5.26 Å². The lowest BCUT2D eigenvalue weighted by atomic mass is 10.1. The summed E-state index contributed by atoms with van der Waals surface area (Å²) in [5, 5.41) is 20.8. The minimum Gasteiger partial charge on any atom is -0.496 e. The van der Waals surface area contributed by atoms with Crippen molar-refractivity contribution < 1.29 is 52.8 Å². The van der Waals surface area contributed by atoms with Crippen LogP contribution in [0.2, 0.25) is 0 Å². The molecule has 0 heterocycles. The molecule has 0 radical (unpaired) electrons. The molecule has 298 valence electrons. The molecule has 2 aromatic carbocycles. The molecule has 0 bridgehead atoms. The lowest BCUT2D eigenvalue weighted by Crippen LogP contribution is -2.43. The van der Waals surface area contributed by atoms with E-state index in [-0.39, 0.29) is 18.9 Å². The number of nitriles is 1. The van der Waals surface area contributed by atoms with E-state index in [0.717, 1.165) is 9.80 Å². The third-order valence-electron chi connectivity index (χ3n) is 6.22. The highest BCUT2D eigenvalue weighted by Crippen LogP contribution is 2.26. The van der Waals surface area contributed by atoms with Crippen LogP contribution in [0.3, 0.4) is 0 Å². The molecule has 0 atom stereocenters. The van der Waals surface area contributed by atoms with Crippen molar-refractivity contribution >= 4 is 30.2 Å². The first kappa shape index (κ1) is 46.3. The van der Waals surface area contributed by atoms with Gasteiger partial charge in [0, 0.05) is 16.7 Å². The first-order chi connectivity index (χ1) is 24.6. The molecular weight excluding hydrogens is 702 g/mol. The van der Waals surface area contributed by atoms with Crippen LogP contribution in [0, 0.1) is 11.3 Å². The number of rotatable bonds is 7. The quantitative estimate of drug-likeness (QED) is 0.0912. The number of methoxy groups -OCH3 is 2. The molecule has 54 heavy (non-hydrogen) atoms. The number of oxime groups is 1. The van der Waals surface area contributed by atoms with Gasteiger partial charge in [0.05, 0.1) is 38.9 Å². The van der Waals surface area contributed by atoms with E-state index in [1.165, 1.54) is 26.4 Å². The normalized spacial score (nSPS) is 11.8. The highest BCUT2D eigenvalue weighted by Gasteiger charge is 2.33. The molecule has 16 nitrogen and oxygen atoms in total. The van der Waals surface area contributed by atoms with Crippen molar-refractivity contribution in [2.75, 3.05) is 14.2 Å². The van der Waals surface area contributed by atoms with Crippen molar-refractivity contribution in [3.05, 3.63) is 58.7 Å². The number of carbonyl (C=O) groups excluding carboxylic acids is 4. The molecule has 3 N–H and O–H groups in total. The predicted octanol–water partition coefficient (Wildman–Crippen LogP) is 7.70. The Morgan fingerprint density at radius 2 is 0.981 bits per heavy atom. The largest absolute Gasteiger partial charge is 0.496 e. The Morgan fingerprint density at radius 1 is 0.648 bits per heavy atom. The van der Waals surface area contributed by atoms with Crippen LogP contribution < -0.4 is 15.2 Å². The van der Waals surface area contributed by atoms with E-state index in [0.29, 0.717) is 33.8 Å². The Labute approximate surface area is 317 Å². The van der Waals surface area contributed by atoms with Gasteiger partial charge in [-0.05, 0) is 101 Å². The summed E-state index contributed by atoms with van der Waals surface area (Å²) in [4.78, 5) is 52.0. The Kier molecular flexibility index (Phi) is 16.2. The van der Waals surface area contributed by atoms with Crippen LogP contribution in [-0.2, 0) is 32.0 Å². The van der Waals surface area contributed by atoms with Gasteiger partial charge in [0.2, 0.25) is 0 Å². The van der Waals surface area contributed by atoms with Gasteiger partial charge in [-0.25, -0.2) is 29.0 Å². The zero-order valence-corrected chi connectivity index (χ0v) is 33.8. The fourth-order valence-electron chi connectivity index (χ4n) is 4.05. The summed E-state index contributed by atoms with van der Waals surface area (Å²) >= 11 is 0. The Hall–Kier alpha value is -5.72. The second-order valence-electron chi connectivity index (χ2n) is 15.7. The number of benzene rings is 2. The third kappa shape index (κ3) is 16.3. The summed E-state index contributed by atoms with van der Waals surface area (Å²) in [6.07, 6.45) is -3.33. The second kappa shape index (κ2) is 18.9. The van der Waals surface area contributed by atoms with Crippen LogP contribution in [0.5, 0.6) is 11.5 Å². The fourth-order valence-corrected chi connectivity index (χ4v) is 4.05. The van der Waals surface area contributed by atoms with Gasteiger partial charge in [-0.15, -0.1) is 0 Å². The van der Waals surface area contributed by atoms with Crippen LogP contribution >= 0.6 is 0 Å². The summed E-state index contributed by atoms with van der Waals surface area (Å²) in [5.74, 6) is 0.642. The first-order valence-electron chi connectivity index (χ1n) is 16.8. The lowest BCUT2D eigenvalue weighted by molar-refractivity contribution is -0.00244. The number of amidine groups is 1. The maximum atomic E-state index is 12.6. The average Bonchev–Trinajstić information content (AvgIpc) is 3.02. The number of hydrogen-bond donors (Lipinski definition) is 2. The highest BCUT2D eigenvalue weighted by atomic mass is 16.6. The Morgan fingerprint density at radius 3 is 1.28 bits per heavy atom.